The van der Waals surface area contributed by atoms with Crippen LogP contribution in [0, 0.1) is 13.8 Å². The zero-order valence-electron chi connectivity index (χ0n) is 41.4. The maximum Gasteiger partial charge on any atom is 0.0777 e. The van der Waals surface area contributed by atoms with E-state index in [-0.39, 0.29) is 0 Å². The molecule has 76 heavy (non-hydrogen) atoms. The predicted molar refractivity (Wildman–Crippen MR) is 314 cm³/mol. The molecule has 0 atom stereocenters. The van der Waals surface area contributed by atoms with Crippen molar-refractivity contribution in [2.75, 3.05) is 0 Å². The normalized spacial score (nSPS) is 12.9. The molecule has 18 bridgehead atoms. The van der Waals surface area contributed by atoms with E-state index in [0.29, 0.717) is 0 Å². The van der Waals surface area contributed by atoms with Crippen LogP contribution in [0.2, 0.25) is 0 Å². The van der Waals surface area contributed by atoms with Crippen molar-refractivity contribution in [1.29, 1.82) is 0 Å². The highest BCUT2D eigenvalue weighted by Gasteiger charge is 2.22. The van der Waals surface area contributed by atoms with Crippen LogP contribution in [0.15, 0.2) is 219 Å². The lowest BCUT2D eigenvalue weighted by Gasteiger charge is -2.14. The van der Waals surface area contributed by atoms with Gasteiger partial charge in [-0.25, -0.2) is 0 Å². The second kappa shape index (κ2) is 13.5. The molecule has 0 fully saturated rings. The Bertz CT molecular complexity index is 5360. The number of nitrogens with zero attached hydrogens (tertiary/aromatic N) is 8. The smallest absolute Gasteiger partial charge is 0.0777 e. The van der Waals surface area contributed by atoms with Crippen LogP contribution in [-0.4, -0.2) is 35.9 Å². The summed E-state index contributed by atoms with van der Waals surface area (Å²) < 4.78 is 19.4. The fraction of sp³-hybridized carbons (Fsp3) is 0.0294. The molecule has 0 N–H and O–H groups in total. The molecule has 9 aromatic heterocycles. The summed E-state index contributed by atoms with van der Waals surface area (Å²) in [5.74, 6) is 0. The maximum atomic E-state index is 2.47. The average molecular weight is 971 g/mol. The van der Waals surface area contributed by atoms with Crippen molar-refractivity contribution in [2.24, 2.45) is 0 Å². The first kappa shape index (κ1) is 39.4. The van der Waals surface area contributed by atoms with Gasteiger partial charge in [0.25, 0.3) is 0 Å². The Labute approximate surface area is 431 Å². The summed E-state index contributed by atoms with van der Waals surface area (Å²) in [6.07, 6.45) is 13.5. The van der Waals surface area contributed by atoms with Gasteiger partial charge in [0.05, 0.1) is 55.2 Å². The third-order valence-electron chi connectivity index (χ3n) is 17.6. The zero-order valence-corrected chi connectivity index (χ0v) is 41.4. The summed E-state index contributed by atoms with van der Waals surface area (Å²) in [5.41, 5.74) is 23.2. The van der Waals surface area contributed by atoms with E-state index in [1.807, 2.05) is 0 Å². The second-order valence-electron chi connectivity index (χ2n) is 21.3. The van der Waals surface area contributed by atoms with Crippen molar-refractivity contribution >= 4 is 131 Å². The fourth-order valence-electron chi connectivity index (χ4n) is 14.2. The fourth-order valence-corrected chi connectivity index (χ4v) is 14.2. The van der Waals surface area contributed by atoms with Crippen molar-refractivity contribution < 1.29 is 0 Å². The van der Waals surface area contributed by atoms with E-state index in [4.69, 9.17) is 0 Å². The minimum atomic E-state index is 1.11. The van der Waals surface area contributed by atoms with Crippen LogP contribution in [0.4, 0.5) is 0 Å². The van der Waals surface area contributed by atoms with Gasteiger partial charge < -0.3 is 35.9 Å². The lowest BCUT2D eigenvalue weighted by molar-refractivity contribution is 1.09. The van der Waals surface area contributed by atoms with E-state index < -0.39 is 0 Å². The van der Waals surface area contributed by atoms with Crippen molar-refractivity contribution in [1.82, 2.24) is 35.9 Å². The highest BCUT2D eigenvalue weighted by atomic mass is 15.0. The van der Waals surface area contributed by atoms with E-state index in [9.17, 15) is 0 Å². The lowest BCUT2D eigenvalue weighted by atomic mass is 10.1. The molecule has 14 aliphatic rings. The molecule has 8 heteroatoms. The summed E-state index contributed by atoms with van der Waals surface area (Å²) in [7, 11) is 0. The van der Waals surface area contributed by atoms with Gasteiger partial charge >= 0.3 is 0 Å². The summed E-state index contributed by atoms with van der Waals surface area (Å²) in [5, 5.41) is 12.1. The topological polar surface area (TPSA) is 37.4 Å². The van der Waals surface area contributed by atoms with Crippen LogP contribution in [0.5, 0.6) is 0 Å². The largest absolute Gasteiger partial charge is 0.315 e. The van der Waals surface area contributed by atoms with Crippen molar-refractivity contribution in [3.63, 3.8) is 0 Å². The van der Waals surface area contributed by atoms with E-state index in [2.05, 4.69) is 269 Å². The number of hydrogen-bond donors (Lipinski definition) is 0. The van der Waals surface area contributed by atoms with E-state index >= 15 is 0 Å². The highest BCUT2D eigenvalue weighted by Crippen LogP contribution is 2.42. The molecular formula is C68H42N8. The van der Waals surface area contributed by atoms with Crippen LogP contribution in [0.25, 0.3) is 154 Å². The van der Waals surface area contributed by atoms with Gasteiger partial charge in [-0.15, -0.1) is 0 Å². The van der Waals surface area contributed by atoms with Crippen molar-refractivity contribution in [3.8, 4) is 22.7 Å². The van der Waals surface area contributed by atoms with Gasteiger partial charge in [0.2, 0.25) is 0 Å². The van der Waals surface area contributed by atoms with Gasteiger partial charge in [0.1, 0.15) is 0 Å². The van der Waals surface area contributed by atoms with Crippen LogP contribution in [0.3, 0.4) is 0 Å². The van der Waals surface area contributed by atoms with Crippen LogP contribution >= 0.6 is 0 Å². The Morgan fingerprint density at radius 3 is 0.974 bits per heavy atom. The van der Waals surface area contributed by atoms with Crippen molar-refractivity contribution in [2.45, 2.75) is 13.8 Å². The number of benzene rings is 9. The van der Waals surface area contributed by atoms with E-state index in [0.717, 1.165) is 55.8 Å². The molecule has 32 rings (SSSR count). The number of rotatable bonds is 0. The molecule has 0 spiro atoms. The molecule has 18 aromatic rings. The Morgan fingerprint density at radius 1 is 0.250 bits per heavy atom. The first-order chi connectivity index (χ1) is 37.5. The Morgan fingerprint density at radius 2 is 0.566 bits per heavy atom. The van der Waals surface area contributed by atoms with Gasteiger partial charge in [0, 0.05) is 136 Å². The van der Waals surface area contributed by atoms with E-state index in [1.165, 1.54) is 109 Å². The Kier molecular flexibility index (Phi) is 6.99. The van der Waals surface area contributed by atoms with Crippen LogP contribution < -0.4 is 0 Å². The molecule has 354 valence electrons. The molecule has 0 amide bonds. The molecule has 0 aliphatic carbocycles. The quantitative estimate of drug-likeness (QED) is 0.145. The Hall–Kier alpha value is -10.2. The third kappa shape index (κ3) is 4.73. The second-order valence-corrected chi connectivity index (χ2v) is 21.3. The molecule has 0 unspecified atom stereocenters. The molecule has 9 aromatic carbocycles. The van der Waals surface area contributed by atoms with Gasteiger partial charge in [-0.2, -0.15) is 0 Å². The van der Waals surface area contributed by atoms with Gasteiger partial charge in [0.15, 0.2) is 0 Å². The zero-order chi connectivity index (χ0) is 49.4. The summed E-state index contributed by atoms with van der Waals surface area (Å²) in [6.45, 7) is 4.65. The molecular weight excluding hydrogens is 929 g/mol. The standard InChI is InChI=1S/C68H42N8/c1-39-55-21-23-59-61(39)53-37-51-17-19-57(53)75(59)49-13-9-47(10-14-49)69-31-25-41-3-4-42-26-32-70(64(42)63(41)69)48-11-15-50(16-12-48)76-58-20-18-52(72-34-28-44-6-5-43-27-33-71(51)65(43)66(44)72)38-54(58)62-40(2)56(22-24-60(62)76)74-36-30-46-8-7-45-29-35-73(55)67(45)68(46)74/h3-38H,1-2H3. The first-order valence-corrected chi connectivity index (χ1v) is 26.2. The minimum Gasteiger partial charge on any atom is -0.315 e. The monoisotopic (exact) mass is 970 g/mol. The molecule has 0 saturated heterocycles. The van der Waals surface area contributed by atoms with Crippen molar-refractivity contribution in [3.05, 3.63) is 230 Å². The SMILES string of the molecule is Cc1c2c3cc4ccc3n3c2ccc1n1ccc2ccc5ccn(c6ccc7c(c6C)c6cc(ccc6n7-c6ccc(cc6)-n6ccc7ccc8ccn(c8c76)-c6ccc-3cc6)n3ccc6ccc7ccn4c7c63)c5c21. The van der Waals surface area contributed by atoms with Gasteiger partial charge in [-0.1, -0.05) is 36.4 Å². The lowest BCUT2D eigenvalue weighted by Crippen LogP contribution is -1.99. The number of aromatic nitrogens is 8. The molecule has 14 aliphatic heterocycles. The molecule has 0 radical (unpaired) electrons. The molecule has 23 heterocycles. The van der Waals surface area contributed by atoms with Gasteiger partial charge in [-0.3, -0.25) is 0 Å². The number of aryl methyl sites for hydroxylation is 2. The Balaban J connectivity index is 1.07. The predicted octanol–water partition coefficient (Wildman–Crippen LogP) is 16.9. The van der Waals surface area contributed by atoms with Gasteiger partial charge in [-0.05, 0) is 171 Å². The number of hydrogen-bond acceptors (Lipinski definition) is 0. The van der Waals surface area contributed by atoms with E-state index in [1.54, 1.807) is 0 Å². The summed E-state index contributed by atoms with van der Waals surface area (Å²) in [6, 6.07) is 69.1. The molecule has 8 nitrogen and oxygen atoms in total. The summed E-state index contributed by atoms with van der Waals surface area (Å²) in [4.78, 5) is 0. The third-order valence-corrected chi connectivity index (χ3v) is 17.6. The first-order valence-electron chi connectivity index (χ1n) is 26.2. The van der Waals surface area contributed by atoms with Crippen LogP contribution in [0.1, 0.15) is 11.1 Å². The van der Waals surface area contributed by atoms with Crippen LogP contribution in [-0.2, 0) is 0 Å². The molecule has 0 saturated carbocycles. The minimum absolute atomic E-state index is 1.11. The summed E-state index contributed by atoms with van der Waals surface area (Å²) >= 11 is 0. The highest BCUT2D eigenvalue weighted by molar-refractivity contribution is 6.17. The maximum absolute atomic E-state index is 2.47. The average Bonchev–Trinajstić information content (AvgIpc) is 4.40.